The summed E-state index contributed by atoms with van der Waals surface area (Å²) in [5, 5.41) is 7.76. The lowest BCUT2D eigenvalue weighted by Gasteiger charge is -2.12. The zero-order valence-electron chi connectivity index (χ0n) is 11.6. The van der Waals surface area contributed by atoms with Crippen molar-refractivity contribution in [2.75, 3.05) is 11.4 Å². The molecule has 0 bridgehead atoms. The standard InChI is InChI=1S/C13H14FN5O3/c14-9-2-1-3-11(4-9)19-7-12(22-13(19)20)6-18-5-10(8-21-15)16-17-18/h1-5,12H,6-8,15H2. The number of aromatic nitrogens is 3. The van der Waals surface area contributed by atoms with Gasteiger partial charge in [0.25, 0.3) is 0 Å². The van der Waals surface area contributed by atoms with Crippen LogP contribution in [0.5, 0.6) is 0 Å². The summed E-state index contributed by atoms with van der Waals surface area (Å²) in [5.41, 5.74) is 1.04. The number of ether oxygens (including phenoxy) is 1. The van der Waals surface area contributed by atoms with Gasteiger partial charge in [0, 0.05) is 0 Å². The number of hydrogen-bond donors (Lipinski definition) is 1. The topological polar surface area (TPSA) is 95.5 Å². The molecule has 2 aromatic rings. The number of nitrogens with two attached hydrogens (primary N) is 1. The van der Waals surface area contributed by atoms with Gasteiger partial charge in [0.2, 0.25) is 0 Å². The van der Waals surface area contributed by atoms with Gasteiger partial charge in [-0.05, 0) is 18.2 Å². The van der Waals surface area contributed by atoms with Crippen molar-refractivity contribution in [3.05, 3.63) is 42.0 Å². The van der Waals surface area contributed by atoms with Crippen LogP contribution in [-0.4, -0.2) is 33.7 Å². The summed E-state index contributed by atoms with van der Waals surface area (Å²) >= 11 is 0. The fourth-order valence-corrected chi connectivity index (χ4v) is 2.26. The van der Waals surface area contributed by atoms with Crippen LogP contribution < -0.4 is 10.8 Å². The van der Waals surface area contributed by atoms with Crippen LogP contribution in [0.1, 0.15) is 5.69 Å². The summed E-state index contributed by atoms with van der Waals surface area (Å²) in [7, 11) is 0. The van der Waals surface area contributed by atoms with Gasteiger partial charge in [0.05, 0.1) is 25.0 Å². The predicted molar refractivity (Wildman–Crippen MR) is 73.0 cm³/mol. The van der Waals surface area contributed by atoms with Crippen LogP contribution in [0.15, 0.2) is 30.5 Å². The number of amides is 1. The first kappa shape index (κ1) is 14.4. The van der Waals surface area contributed by atoms with E-state index in [4.69, 9.17) is 10.6 Å². The zero-order valence-corrected chi connectivity index (χ0v) is 11.6. The van der Waals surface area contributed by atoms with Gasteiger partial charge >= 0.3 is 6.09 Å². The minimum Gasteiger partial charge on any atom is -0.442 e. The summed E-state index contributed by atoms with van der Waals surface area (Å²) in [5.74, 6) is 4.56. The molecule has 1 fully saturated rings. The largest absolute Gasteiger partial charge is 0.442 e. The van der Waals surface area contributed by atoms with E-state index < -0.39 is 18.0 Å². The molecule has 2 heterocycles. The molecule has 22 heavy (non-hydrogen) atoms. The minimum atomic E-state index is -0.513. The Bertz CT molecular complexity index is 677. The van der Waals surface area contributed by atoms with E-state index in [9.17, 15) is 9.18 Å². The minimum absolute atomic E-state index is 0.153. The van der Waals surface area contributed by atoms with Crippen molar-refractivity contribution in [3.8, 4) is 0 Å². The fraction of sp³-hybridized carbons (Fsp3) is 0.308. The maximum atomic E-state index is 13.2. The Hall–Kier alpha value is -2.52. The average molecular weight is 307 g/mol. The number of halogens is 1. The molecule has 1 aliphatic heterocycles. The summed E-state index contributed by atoms with van der Waals surface area (Å²) in [6, 6.07) is 5.80. The molecule has 1 atom stereocenters. The monoisotopic (exact) mass is 307 g/mol. The van der Waals surface area contributed by atoms with Crippen LogP contribution in [0.3, 0.4) is 0 Å². The first-order valence-electron chi connectivity index (χ1n) is 6.60. The maximum absolute atomic E-state index is 13.2. The lowest BCUT2D eigenvalue weighted by Crippen LogP contribution is -2.26. The smallest absolute Gasteiger partial charge is 0.414 e. The van der Waals surface area contributed by atoms with E-state index in [2.05, 4.69) is 15.1 Å². The second kappa shape index (κ2) is 6.08. The first-order chi connectivity index (χ1) is 10.7. The molecule has 1 saturated heterocycles. The molecule has 9 heteroatoms. The second-order valence-electron chi connectivity index (χ2n) is 4.84. The van der Waals surface area contributed by atoms with Crippen molar-refractivity contribution in [3.63, 3.8) is 0 Å². The zero-order chi connectivity index (χ0) is 15.5. The molecule has 116 valence electrons. The summed E-state index contributed by atoms with van der Waals surface area (Å²) in [4.78, 5) is 17.7. The van der Waals surface area contributed by atoms with Crippen molar-refractivity contribution >= 4 is 11.8 Å². The molecule has 0 saturated carbocycles. The molecule has 0 spiro atoms. The predicted octanol–water partition coefficient (Wildman–Crippen LogP) is 0.833. The van der Waals surface area contributed by atoms with Crippen molar-refractivity contribution in [1.82, 2.24) is 15.0 Å². The third kappa shape index (κ3) is 3.05. The van der Waals surface area contributed by atoms with E-state index in [1.807, 2.05) is 0 Å². The highest BCUT2D eigenvalue weighted by molar-refractivity contribution is 5.89. The van der Waals surface area contributed by atoms with E-state index in [0.29, 0.717) is 24.5 Å². The van der Waals surface area contributed by atoms with Gasteiger partial charge < -0.3 is 4.74 Å². The van der Waals surface area contributed by atoms with Crippen LogP contribution >= 0.6 is 0 Å². The molecular formula is C13H14FN5O3. The molecule has 1 aromatic heterocycles. The molecule has 1 aliphatic rings. The Morgan fingerprint density at radius 3 is 3.14 bits per heavy atom. The number of carbonyl (C=O) groups excluding carboxylic acids is 1. The van der Waals surface area contributed by atoms with Crippen molar-refractivity contribution in [1.29, 1.82) is 0 Å². The lowest BCUT2D eigenvalue weighted by atomic mass is 10.2. The van der Waals surface area contributed by atoms with Crippen LogP contribution in [0.2, 0.25) is 0 Å². The molecule has 1 aromatic carbocycles. The van der Waals surface area contributed by atoms with E-state index in [1.165, 1.54) is 17.0 Å². The number of nitrogens with zero attached hydrogens (tertiary/aromatic N) is 4. The van der Waals surface area contributed by atoms with Gasteiger partial charge in [-0.15, -0.1) is 5.10 Å². The van der Waals surface area contributed by atoms with Gasteiger partial charge in [0.1, 0.15) is 24.2 Å². The normalized spacial score (nSPS) is 17.8. The Morgan fingerprint density at radius 2 is 2.36 bits per heavy atom. The van der Waals surface area contributed by atoms with E-state index in [0.717, 1.165) is 0 Å². The Balaban J connectivity index is 1.66. The van der Waals surface area contributed by atoms with Crippen LogP contribution in [0.25, 0.3) is 0 Å². The van der Waals surface area contributed by atoms with E-state index in [1.54, 1.807) is 23.0 Å². The molecule has 0 radical (unpaired) electrons. The van der Waals surface area contributed by atoms with Crippen molar-refractivity contribution < 1.29 is 18.8 Å². The SMILES string of the molecule is NOCc1cn(CC2CN(c3cccc(F)c3)C(=O)O2)nn1. The van der Waals surface area contributed by atoms with Gasteiger partial charge in [-0.1, -0.05) is 11.3 Å². The molecular weight excluding hydrogens is 293 g/mol. The number of hydrogen-bond acceptors (Lipinski definition) is 6. The Labute approximate surface area is 125 Å². The first-order valence-corrected chi connectivity index (χ1v) is 6.60. The number of cyclic esters (lactones) is 1. The van der Waals surface area contributed by atoms with Gasteiger partial charge in [0.15, 0.2) is 0 Å². The fourth-order valence-electron chi connectivity index (χ4n) is 2.26. The maximum Gasteiger partial charge on any atom is 0.414 e. The van der Waals surface area contributed by atoms with E-state index >= 15 is 0 Å². The Kier molecular flexibility index (Phi) is 3.98. The van der Waals surface area contributed by atoms with Gasteiger partial charge in [-0.2, -0.15) is 0 Å². The summed E-state index contributed by atoms with van der Waals surface area (Å²) in [6.45, 7) is 0.805. The summed E-state index contributed by atoms with van der Waals surface area (Å²) in [6.07, 6.45) is 0.747. The van der Waals surface area contributed by atoms with Crippen LogP contribution in [0, 0.1) is 5.82 Å². The molecule has 8 nitrogen and oxygen atoms in total. The van der Waals surface area contributed by atoms with E-state index in [-0.39, 0.29) is 6.61 Å². The number of rotatable bonds is 5. The quantitative estimate of drug-likeness (QED) is 0.822. The molecule has 3 rings (SSSR count). The Morgan fingerprint density at radius 1 is 1.50 bits per heavy atom. The number of anilines is 1. The van der Waals surface area contributed by atoms with Crippen molar-refractivity contribution in [2.24, 2.45) is 5.90 Å². The van der Waals surface area contributed by atoms with Crippen molar-refractivity contribution in [2.45, 2.75) is 19.3 Å². The van der Waals surface area contributed by atoms with Crippen LogP contribution in [0.4, 0.5) is 14.9 Å². The second-order valence-corrected chi connectivity index (χ2v) is 4.84. The highest BCUT2D eigenvalue weighted by Gasteiger charge is 2.33. The molecule has 1 unspecified atom stereocenters. The van der Waals surface area contributed by atoms with Crippen LogP contribution in [-0.2, 0) is 22.7 Å². The third-order valence-corrected chi connectivity index (χ3v) is 3.20. The van der Waals surface area contributed by atoms with Gasteiger partial charge in [-0.3, -0.25) is 9.74 Å². The number of carbonyl (C=O) groups is 1. The summed E-state index contributed by atoms with van der Waals surface area (Å²) < 4.78 is 20.0. The molecule has 1 amide bonds. The highest BCUT2D eigenvalue weighted by Crippen LogP contribution is 2.22. The molecule has 2 N–H and O–H groups in total. The highest BCUT2D eigenvalue weighted by atomic mass is 19.1. The van der Waals surface area contributed by atoms with Gasteiger partial charge in [-0.25, -0.2) is 19.8 Å². The number of benzene rings is 1. The molecule has 0 aliphatic carbocycles. The third-order valence-electron chi connectivity index (χ3n) is 3.20. The average Bonchev–Trinajstić information content (AvgIpc) is 3.06. The lowest BCUT2D eigenvalue weighted by molar-refractivity contribution is 0.121.